The van der Waals surface area contributed by atoms with Crippen molar-refractivity contribution in [3.63, 3.8) is 0 Å². The van der Waals surface area contributed by atoms with Gasteiger partial charge in [0.05, 0.1) is 0 Å². The summed E-state index contributed by atoms with van der Waals surface area (Å²) >= 11 is 0. The molecule has 0 aromatic rings. The van der Waals surface area contributed by atoms with Crippen molar-refractivity contribution in [2.75, 3.05) is 26.2 Å². The van der Waals surface area contributed by atoms with E-state index in [0.29, 0.717) is 6.04 Å². The second-order valence-electron chi connectivity index (χ2n) is 7.20. The van der Waals surface area contributed by atoms with E-state index in [-0.39, 0.29) is 0 Å². The van der Waals surface area contributed by atoms with Crippen LogP contribution in [0.3, 0.4) is 0 Å². The zero-order chi connectivity index (χ0) is 13.7. The van der Waals surface area contributed by atoms with Crippen LogP contribution in [-0.2, 0) is 0 Å². The number of nitrogens with one attached hydrogen (secondary N) is 1. The minimum atomic E-state index is 0.716. The van der Waals surface area contributed by atoms with E-state index in [4.69, 9.17) is 0 Å². The molecule has 1 saturated heterocycles. The zero-order valence-electron chi connectivity index (χ0n) is 13.3. The highest BCUT2D eigenvalue weighted by atomic mass is 15.2. The summed E-state index contributed by atoms with van der Waals surface area (Å²) in [5, 5.41) is 3.77. The van der Waals surface area contributed by atoms with Gasteiger partial charge >= 0.3 is 0 Å². The number of hydrogen-bond donors (Lipinski definition) is 1. The molecular weight excluding hydrogens is 232 g/mol. The van der Waals surface area contributed by atoms with E-state index in [0.717, 1.165) is 17.8 Å². The number of hydrogen-bond acceptors (Lipinski definition) is 2. The van der Waals surface area contributed by atoms with Crippen LogP contribution in [0.4, 0.5) is 0 Å². The first kappa shape index (κ1) is 15.3. The van der Waals surface area contributed by atoms with Crippen molar-refractivity contribution >= 4 is 0 Å². The monoisotopic (exact) mass is 266 g/mol. The first-order chi connectivity index (χ1) is 9.19. The lowest BCUT2D eigenvalue weighted by atomic mass is 9.82. The van der Waals surface area contributed by atoms with Crippen LogP contribution in [0.15, 0.2) is 0 Å². The minimum Gasteiger partial charge on any atom is -0.312 e. The smallest absolute Gasteiger partial charge is 0.0220 e. The van der Waals surface area contributed by atoms with Gasteiger partial charge in [-0.05, 0) is 50.1 Å². The second kappa shape index (κ2) is 7.64. The van der Waals surface area contributed by atoms with Crippen molar-refractivity contribution in [1.82, 2.24) is 10.2 Å². The van der Waals surface area contributed by atoms with Gasteiger partial charge in [0.15, 0.2) is 0 Å². The van der Waals surface area contributed by atoms with Crippen LogP contribution in [-0.4, -0.2) is 37.1 Å². The average Bonchev–Trinajstić information content (AvgIpc) is 2.63. The predicted molar refractivity (Wildman–Crippen MR) is 83.4 cm³/mol. The van der Waals surface area contributed by atoms with Crippen LogP contribution < -0.4 is 5.32 Å². The van der Waals surface area contributed by atoms with Crippen molar-refractivity contribution in [3.05, 3.63) is 0 Å². The maximum Gasteiger partial charge on any atom is 0.0220 e. The van der Waals surface area contributed by atoms with Crippen LogP contribution in [0.1, 0.15) is 59.3 Å². The van der Waals surface area contributed by atoms with Crippen molar-refractivity contribution in [2.45, 2.75) is 65.3 Å². The van der Waals surface area contributed by atoms with Crippen LogP contribution in [0.25, 0.3) is 0 Å². The van der Waals surface area contributed by atoms with E-state index in [1.165, 1.54) is 64.7 Å². The molecular formula is C17H34N2. The molecule has 2 aliphatic rings. The largest absolute Gasteiger partial charge is 0.312 e. The molecule has 4 unspecified atom stereocenters. The molecule has 2 fully saturated rings. The first-order valence-electron chi connectivity index (χ1n) is 8.64. The molecule has 0 bridgehead atoms. The number of nitrogens with zero attached hydrogens (tertiary/aromatic N) is 1. The van der Waals surface area contributed by atoms with E-state index < -0.39 is 0 Å². The summed E-state index contributed by atoms with van der Waals surface area (Å²) in [6, 6.07) is 0.716. The third-order valence-electron chi connectivity index (χ3n) is 5.40. The van der Waals surface area contributed by atoms with Crippen molar-refractivity contribution in [3.8, 4) is 0 Å². The van der Waals surface area contributed by atoms with Gasteiger partial charge in [0.1, 0.15) is 0 Å². The second-order valence-corrected chi connectivity index (χ2v) is 7.20. The fourth-order valence-corrected chi connectivity index (χ4v) is 3.95. The van der Waals surface area contributed by atoms with Crippen molar-refractivity contribution < 1.29 is 0 Å². The topological polar surface area (TPSA) is 15.3 Å². The number of rotatable bonds is 4. The third kappa shape index (κ3) is 4.75. The van der Waals surface area contributed by atoms with E-state index in [1.807, 2.05) is 0 Å². The van der Waals surface area contributed by atoms with E-state index in [2.05, 4.69) is 31.0 Å². The van der Waals surface area contributed by atoms with Gasteiger partial charge in [-0.15, -0.1) is 0 Å². The molecule has 1 heterocycles. The summed E-state index contributed by atoms with van der Waals surface area (Å²) < 4.78 is 0. The fraction of sp³-hybridized carbons (Fsp3) is 1.00. The molecule has 4 atom stereocenters. The summed E-state index contributed by atoms with van der Waals surface area (Å²) in [6.45, 7) is 12.3. The summed E-state index contributed by atoms with van der Waals surface area (Å²) in [6.07, 6.45) is 8.50. The van der Waals surface area contributed by atoms with Gasteiger partial charge in [0.2, 0.25) is 0 Å². The van der Waals surface area contributed by atoms with Gasteiger partial charge in [-0.1, -0.05) is 40.0 Å². The molecule has 112 valence electrons. The summed E-state index contributed by atoms with van der Waals surface area (Å²) in [5.74, 6) is 2.75. The Morgan fingerprint density at radius 3 is 2.84 bits per heavy atom. The first-order valence-corrected chi connectivity index (χ1v) is 8.64. The normalized spacial score (nSPS) is 35.8. The van der Waals surface area contributed by atoms with Gasteiger partial charge < -0.3 is 10.2 Å². The highest BCUT2D eigenvalue weighted by molar-refractivity contribution is 4.82. The fourth-order valence-electron chi connectivity index (χ4n) is 3.95. The van der Waals surface area contributed by atoms with Crippen LogP contribution in [0.2, 0.25) is 0 Å². The lowest BCUT2D eigenvalue weighted by Crippen LogP contribution is -2.43. The van der Waals surface area contributed by atoms with Gasteiger partial charge in [0.25, 0.3) is 0 Å². The molecule has 1 aliphatic heterocycles. The Morgan fingerprint density at radius 1 is 1.26 bits per heavy atom. The maximum absolute atomic E-state index is 3.77. The van der Waals surface area contributed by atoms with Crippen LogP contribution in [0.5, 0.6) is 0 Å². The van der Waals surface area contributed by atoms with Crippen LogP contribution >= 0.6 is 0 Å². The van der Waals surface area contributed by atoms with Crippen molar-refractivity contribution in [2.24, 2.45) is 17.8 Å². The zero-order valence-corrected chi connectivity index (χ0v) is 13.3. The third-order valence-corrected chi connectivity index (χ3v) is 5.40. The molecule has 2 nitrogen and oxygen atoms in total. The average molecular weight is 266 g/mol. The maximum atomic E-state index is 3.77. The Labute approximate surface area is 120 Å². The molecule has 1 aliphatic carbocycles. The minimum absolute atomic E-state index is 0.716. The Bertz CT molecular complexity index is 254. The van der Waals surface area contributed by atoms with Gasteiger partial charge in [-0.2, -0.15) is 0 Å². The van der Waals surface area contributed by atoms with Gasteiger partial charge in [-0.3, -0.25) is 0 Å². The van der Waals surface area contributed by atoms with E-state index in [9.17, 15) is 0 Å². The molecule has 19 heavy (non-hydrogen) atoms. The molecule has 0 radical (unpaired) electrons. The summed E-state index contributed by atoms with van der Waals surface area (Å²) in [5.41, 5.74) is 0. The summed E-state index contributed by atoms with van der Waals surface area (Å²) in [7, 11) is 0. The van der Waals surface area contributed by atoms with Crippen LogP contribution in [0, 0.1) is 17.8 Å². The van der Waals surface area contributed by atoms with E-state index in [1.54, 1.807) is 0 Å². The molecule has 2 heteroatoms. The lowest BCUT2D eigenvalue weighted by Gasteiger charge is -2.33. The Kier molecular flexibility index (Phi) is 6.15. The lowest BCUT2D eigenvalue weighted by molar-refractivity contribution is 0.168. The Balaban J connectivity index is 1.84. The van der Waals surface area contributed by atoms with Gasteiger partial charge in [0, 0.05) is 19.1 Å². The SMILES string of the molecule is CCC(C)C1CN(CC2CCCC(C)C2)CCCN1. The molecule has 0 aromatic heterocycles. The summed E-state index contributed by atoms with van der Waals surface area (Å²) in [4.78, 5) is 2.76. The molecule has 1 N–H and O–H groups in total. The molecule has 0 aromatic carbocycles. The predicted octanol–water partition coefficient (Wildman–Crippen LogP) is 3.52. The Morgan fingerprint density at radius 2 is 2.11 bits per heavy atom. The standard InChI is InChI=1S/C17H34N2/c1-4-15(3)17-13-19(10-6-9-18-17)12-16-8-5-7-14(2)11-16/h14-18H,4-13H2,1-3H3. The Hall–Kier alpha value is -0.0800. The molecule has 1 saturated carbocycles. The van der Waals surface area contributed by atoms with Crippen molar-refractivity contribution in [1.29, 1.82) is 0 Å². The van der Waals surface area contributed by atoms with E-state index >= 15 is 0 Å². The van der Waals surface area contributed by atoms with Gasteiger partial charge in [-0.25, -0.2) is 0 Å². The molecule has 0 amide bonds. The quantitative estimate of drug-likeness (QED) is 0.837. The molecule has 0 spiro atoms. The highest BCUT2D eigenvalue weighted by Crippen LogP contribution is 2.29. The molecule has 2 rings (SSSR count). The highest BCUT2D eigenvalue weighted by Gasteiger charge is 2.25.